The van der Waals surface area contributed by atoms with Gasteiger partial charge < -0.3 is 9.84 Å². The van der Waals surface area contributed by atoms with E-state index in [9.17, 15) is 9.59 Å². The first kappa shape index (κ1) is 30.6. The van der Waals surface area contributed by atoms with Gasteiger partial charge in [0.05, 0.1) is 5.04 Å². The van der Waals surface area contributed by atoms with E-state index in [-0.39, 0.29) is 18.0 Å². The van der Waals surface area contributed by atoms with Crippen LogP contribution in [0.5, 0.6) is 0 Å². The summed E-state index contributed by atoms with van der Waals surface area (Å²) in [4.78, 5) is 28.5. The quantitative estimate of drug-likeness (QED) is 0.126. The molecule has 1 atom stereocenters. The van der Waals surface area contributed by atoms with E-state index in [0.29, 0.717) is 22.8 Å². The van der Waals surface area contributed by atoms with Crippen molar-refractivity contribution >= 4 is 40.8 Å². The van der Waals surface area contributed by atoms with Crippen LogP contribution >= 0.6 is 24.0 Å². The van der Waals surface area contributed by atoms with Crippen LogP contribution in [0.1, 0.15) is 77.7 Å². The molecule has 1 rings (SSSR count). The van der Waals surface area contributed by atoms with Gasteiger partial charge in [-0.1, -0.05) is 39.4 Å². The molecule has 0 spiro atoms. The number of aromatic nitrogens is 2. The summed E-state index contributed by atoms with van der Waals surface area (Å²) >= 11 is 7.17. The lowest BCUT2D eigenvalue weighted by Gasteiger charge is -2.19. The van der Waals surface area contributed by atoms with E-state index in [1.54, 1.807) is 30.4 Å². The van der Waals surface area contributed by atoms with Gasteiger partial charge in [0.15, 0.2) is 0 Å². The van der Waals surface area contributed by atoms with Crippen LogP contribution in [0.15, 0.2) is 9.79 Å². The maximum Gasteiger partial charge on any atom is 0.330 e. The topological polar surface area (TPSA) is 85.8 Å². The summed E-state index contributed by atoms with van der Waals surface area (Å²) in [5, 5.41) is 10.0. The van der Waals surface area contributed by atoms with Gasteiger partial charge in [-0.15, -0.1) is 11.8 Å². The predicted molar refractivity (Wildman–Crippen MR) is 145 cm³/mol. The number of carbonyl (C=O) groups is 1. The van der Waals surface area contributed by atoms with Gasteiger partial charge in [0.1, 0.15) is 10.5 Å². The van der Waals surface area contributed by atoms with Gasteiger partial charge in [-0.05, 0) is 57.1 Å². The third-order valence-corrected chi connectivity index (χ3v) is 7.67. The number of nitrogens with zero attached hydrogens (tertiary/aromatic N) is 3. The molecule has 7 nitrogen and oxygen atoms in total. The van der Waals surface area contributed by atoms with Gasteiger partial charge >= 0.3 is 11.7 Å². The maximum absolute atomic E-state index is 12.6. The largest absolute Gasteiger partial charge is 0.481 e. The minimum absolute atomic E-state index is 0.153. The Morgan fingerprint density at radius 2 is 1.82 bits per heavy atom. The molecule has 0 bridgehead atoms. The Morgan fingerprint density at radius 3 is 2.44 bits per heavy atom. The number of hydrogen-bond donors (Lipinski definition) is 1. The van der Waals surface area contributed by atoms with Gasteiger partial charge in [-0.2, -0.15) is 0 Å². The van der Waals surface area contributed by atoms with Crippen LogP contribution < -0.4 is 5.69 Å². The Labute approximate surface area is 214 Å². The van der Waals surface area contributed by atoms with Crippen LogP contribution in [-0.2, 0) is 23.6 Å². The summed E-state index contributed by atoms with van der Waals surface area (Å²) in [5.41, 5.74) is 0.603. The molecule has 34 heavy (non-hydrogen) atoms. The molecule has 1 N–H and O–H groups in total. The van der Waals surface area contributed by atoms with Crippen molar-refractivity contribution in [3.63, 3.8) is 0 Å². The number of hydrogen-bond acceptors (Lipinski definition) is 6. The summed E-state index contributed by atoms with van der Waals surface area (Å²) in [6.07, 6.45) is 6.67. The number of carboxylic acid groups (broad SMARTS) is 1. The van der Waals surface area contributed by atoms with Crippen LogP contribution in [0.3, 0.4) is 0 Å². The zero-order valence-electron chi connectivity index (χ0n) is 21.8. The molecule has 0 aliphatic carbocycles. The summed E-state index contributed by atoms with van der Waals surface area (Å²) in [7, 11) is 3.39. The standard InChI is InChI=1S/C25H43N3O4S2/c1-7-20(12-11-13-21(29)30)23(34-17-10-8-9-15-32-16-14-18(2)3)26-22-19(4)24(33)28(6)25(31)27(22)5/h18,20H,7-17H2,1-6H3,(H,29,30). The molecule has 1 heterocycles. The van der Waals surface area contributed by atoms with Crippen molar-refractivity contribution in [1.29, 1.82) is 0 Å². The highest BCUT2D eigenvalue weighted by atomic mass is 32.2. The molecule has 0 radical (unpaired) electrons. The third kappa shape index (κ3) is 10.4. The second-order valence-electron chi connectivity index (χ2n) is 9.20. The molecule has 1 unspecified atom stereocenters. The number of aliphatic imine (C=N–C) groups is 1. The number of unbranched alkanes of at least 4 members (excludes halogenated alkanes) is 2. The summed E-state index contributed by atoms with van der Waals surface area (Å²) < 4.78 is 9.20. The molecule has 0 saturated carbocycles. The van der Waals surface area contributed by atoms with Gasteiger partial charge in [0.2, 0.25) is 0 Å². The van der Waals surface area contributed by atoms with E-state index in [1.807, 2.05) is 6.92 Å². The fourth-order valence-electron chi connectivity index (χ4n) is 3.59. The lowest BCUT2D eigenvalue weighted by molar-refractivity contribution is -0.137. The van der Waals surface area contributed by atoms with E-state index in [2.05, 4.69) is 20.8 Å². The molecule has 0 aliphatic rings. The Kier molecular flexibility index (Phi) is 14.6. The van der Waals surface area contributed by atoms with Crippen LogP contribution in [0.2, 0.25) is 0 Å². The van der Waals surface area contributed by atoms with Crippen molar-refractivity contribution in [3.8, 4) is 0 Å². The Hall–Kier alpha value is -1.45. The number of ether oxygens (including phenoxy) is 1. The first-order valence-corrected chi connectivity index (χ1v) is 13.8. The molecule has 0 amide bonds. The fraction of sp³-hybridized carbons (Fsp3) is 0.760. The van der Waals surface area contributed by atoms with Crippen molar-refractivity contribution in [1.82, 2.24) is 9.13 Å². The van der Waals surface area contributed by atoms with Crippen LogP contribution in [0.25, 0.3) is 0 Å². The van der Waals surface area contributed by atoms with Crippen LogP contribution in [-0.4, -0.2) is 44.2 Å². The average molecular weight is 514 g/mol. The SMILES string of the molecule is CCC(CCCC(=O)O)C(=Nc1c(C)c(=S)n(C)c(=O)n1C)SCCCCCOCCC(C)C. The van der Waals surface area contributed by atoms with Gasteiger partial charge in [0.25, 0.3) is 0 Å². The molecule has 9 heteroatoms. The molecule has 0 aliphatic heterocycles. The van der Waals surface area contributed by atoms with Crippen LogP contribution in [0.4, 0.5) is 5.82 Å². The van der Waals surface area contributed by atoms with E-state index >= 15 is 0 Å². The lowest BCUT2D eigenvalue weighted by atomic mass is 10.0. The van der Waals surface area contributed by atoms with E-state index < -0.39 is 5.97 Å². The second kappa shape index (κ2) is 16.3. The normalized spacial score (nSPS) is 13.0. The Balaban J connectivity index is 2.91. The second-order valence-corrected chi connectivity index (χ2v) is 10.7. The van der Waals surface area contributed by atoms with Crippen molar-refractivity contribution in [2.75, 3.05) is 19.0 Å². The van der Waals surface area contributed by atoms with E-state index in [0.717, 1.165) is 68.1 Å². The minimum Gasteiger partial charge on any atom is -0.481 e. The van der Waals surface area contributed by atoms with E-state index in [1.165, 1.54) is 4.57 Å². The minimum atomic E-state index is -0.777. The molecule has 194 valence electrons. The summed E-state index contributed by atoms with van der Waals surface area (Å²) in [6.45, 7) is 10.0. The molecule has 0 saturated heterocycles. The first-order valence-electron chi connectivity index (χ1n) is 12.4. The average Bonchev–Trinajstić information content (AvgIpc) is 2.79. The number of aliphatic carboxylic acids is 1. The molecule has 0 aromatic carbocycles. The smallest absolute Gasteiger partial charge is 0.330 e. The Morgan fingerprint density at radius 1 is 1.12 bits per heavy atom. The van der Waals surface area contributed by atoms with Gasteiger partial charge in [0, 0.05) is 45.2 Å². The molecule has 0 fully saturated rings. The van der Waals surface area contributed by atoms with Crippen molar-refractivity contribution in [3.05, 3.63) is 20.7 Å². The summed E-state index contributed by atoms with van der Waals surface area (Å²) in [6, 6.07) is 0. The maximum atomic E-state index is 12.6. The van der Waals surface area contributed by atoms with Crippen molar-refractivity contribution in [2.24, 2.45) is 30.9 Å². The molecular formula is C25H43N3O4S2. The summed E-state index contributed by atoms with van der Waals surface area (Å²) in [5.74, 6) is 1.56. The van der Waals surface area contributed by atoms with Crippen molar-refractivity contribution in [2.45, 2.75) is 79.1 Å². The lowest BCUT2D eigenvalue weighted by Crippen LogP contribution is -2.28. The van der Waals surface area contributed by atoms with Crippen molar-refractivity contribution < 1.29 is 14.6 Å². The number of thioether (sulfide) groups is 1. The zero-order valence-corrected chi connectivity index (χ0v) is 23.4. The number of carboxylic acids is 1. The first-order chi connectivity index (χ1) is 16.1. The van der Waals surface area contributed by atoms with E-state index in [4.69, 9.17) is 27.1 Å². The zero-order chi connectivity index (χ0) is 25.7. The molecular weight excluding hydrogens is 470 g/mol. The third-order valence-electron chi connectivity index (χ3n) is 5.88. The predicted octanol–water partition coefficient (Wildman–Crippen LogP) is 6.04. The number of rotatable bonds is 16. The monoisotopic (exact) mass is 513 g/mol. The van der Waals surface area contributed by atoms with Gasteiger partial charge in [-0.3, -0.25) is 13.9 Å². The highest BCUT2D eigenvalue weighted by Gasteiger charge is 2.18. The fourth-order valence-corrected chi connectivity index (χ4v) is 4.99. The van der Waals surface area contributed by atoms with Gasteiger partial charge in [-0.25, -0.2) is 9.79 Å². The molecule has 1 aromatic heterocycles. The highest BCUT2D eigenvalue weighted by Crippen LogP contribution is 2.28. The Bertz CT molecular complexity index is 885. The molecule has 1 aromatic rings. The highest BCUT2D eigenvalue weighted by molar-refractivity contribution is 8.14. The van der Waals surface area contributed by atoms with Crippen LogP contribution in [0, 0.1) is 23.4 Å².